The van der Waals surface area contributed by atoms with E-state index < -0.39 is 0 Å². The highest BCUT2D eigenvalue weighted by Gasteiger charge is 2.42. The molecule has 0 saturated carbocycles. The summed E-state index contributed by atoms with van der Waals surface area (Å²) < 4.78 is 7.59. The molecule has 0 amide bonds. The van der Waals surface area contributed by atoms with Gasteiger partial charge < -0.3 is 19.5 Å². The van der Waals surface area contributed by atoms with Gasteiger partial charge in [0, 0.05) is 38.7 Å². The van der Waals surface area contributed by atoms with Gasteiger partial charge in [-0.1, -0.05) is 6.08 Å². The maximum atomic E-state index is 5.61. The fourth-order valence-electron chi connectivity index (χ4n) is 3.25. The largest absolute Gasteiger partial charge is 0.381 e. The third-order valence-electron chi connectivity index (χ3n) is 4.88. The lowest BCUT2D eigenvalue weighted by Gasteiger charge is -2.25. The Morgan fingerprint density at radius 2 is 2.29 bits per heavy atom. The van der Waals surface area contributed by atoms with Crippen molar-refractivity contribution in [2.75, 3.05) is 32.8 Å². The van der Waals surface area contributed by atoms with Crippen LogP contribution in [-0.2, 0) is 18.3 Å². The van der Waals surface area contributed by atoms with Gasteiger partial charge in [-0.25, -0.2) is 4.99 Å². The molecule has 2 fully saturated rings. The zero-order chi connectivity index (χ0) is 16.3. The van der Waals surface area contributed by atoms with Crippen LogP contribution in [0.3, 0.4) is 0 Å². The van der Waals surface area contributed by atoms with E-state index in [2.05, 4.69) is 27.0 Å². The fourth-order valence-corrected chi connectivity index (χ4v) is 3.25. The van der Waals surface area contributed by atoms with Crippen LogP contribution >= 0.6 is 24.0 Å². The number of nitrogens with zero attached hydrogens (tertiary/aromatic N) is 5. The molecule has 134 valence electrons. The van der Waals surface area contributed by atoms with Gasteiger partial charge in [0.2, 0.25) is 0 Å². The van der Waals surface area contributed by atoms with Gasteiger partial charge in [0.05, 0.1) is 6.61 Å². The van der Waals surface area contributed by atoms with Crippen molar-refractivity contribution in [2.45, 2.75) is 26.3 Å². The van der Waals surface area contributed by atoms with Gasteiger partial charge >= 0.3 is 0 Å². The van der Waals surface area contributed by atoms with Crippen LogP contribution in [0.4, 0.5) is 0 Å². The van der Waals surface area contributed by atoms with Gasteiger partial charge in [0.15, 0.2) is 11.8 Å². The van der Waals surface area contributed by atoms with Crippen molar-refractivity contribution in [3.63, 3.8) is 0 Å². The molecule has 1 unspecified atom stereocenters. The fraction of sp³-hybridized carbons (Fsp3) is 0.688. The van der Waals surface area contributed by atoms with Gasteiger partial charge in [0.25, 0.3) is 0 Å². The molecule has 24 heavy (non-hydrogen) atoms. The van der Waals surface area contributed by atoms with Crippen LogP contribution in [0.2, 0.25) is 0 Å². The number of nitrogens with one attached hydrogen (secondary N) is 1. The summed E-state index contributed by atoms with van der Waals surface area (Å²) >= 11 is 0. The number of guanidine groups is 1. The number of hydrogen-bond donors (Lipinski definition) is 1. The number of likely N-dealkylation sites (tertiary alicyclic amines) is 1. The van der Waals surface area contributed by atoms with Crippen molar-refractivity contribution in [1.82, 2.24) is 25.0 Å². The standard InChI is InChI=1S/C16H26N6O.HI/c1-4-7-17-15(18-10-14-20-19-13(2)21(14)3)22-8-5-16(11-22)6-9-23-12-16;/h4H,1,5-12H2,2-3H3,(H,17,18);1H. The van der Waals surface area contributed by atoms with Crippen molar-refractivity contribution in [2.24, 2.45) is 17.5 Å². The Balaban J connectivity index is 0.00000208. The van der Waals surface area contributed by atoms with Crippen LogP contribution in [0, 0.1) is 12.3 Å². The number of ether oxygens (including phenoxy) is 1. The average molecular weight is 446 g/mol. The smallest absolute Gasteiger partial charge is 0.194 e. The predicted molar refractivity (Wildman–Crippen MR) is 105 cm³/mol. The third-order valence-corrected chi connectivity index (χ3v) is 4.88. The van der Waals surface area contributed by atoms with Crippen LogP contribution in [0.1, 0.15) is 24.5 Å². The Kier molecular flexibility index (Phi) is 6.62. The van der Waals surface area contributed by atoms with Gasteiger partial charge in [-0.2, -0.15) is 0 Å². The summed E-state index contributed by atoms with van der Waals surface area (Å²) in [6.07, 6.45) is 4.18. The highest BCUT2D eigenvalue weighted by Crippen LogP contribution is 2.38. The quantitative estimate of drug-likeness (QED) is 0.329. The molecule has 2 aliphatic rings. The summed E-state index contributed by atoms with van der Waals surface area (Å²) in [6.45, 7) is 10.7. The van der Waals surface area contributed by atoms with Crippen LogP contribution < -0.4 is 5.32 Å². The third kappa shape index (κ3) is 4.08. The Morgan fingerprint density at radius 3 is 2.92 bits per heavy atom. The van der Waals surface area contributed by atoms with E-state index in [1.54, 1.807) is 0 Å². The summed E-state index contributed by atoms with van der Waals surface area (Å²) in [5, 5.41) is 11.6. The van der Waals surface area contributed by atoms with Crippen LogP contribution in [0.25, 0.3) is 0 Å². The summed E-state index contributed by atoms with van der Waals surface area (Å²) in [6, 6.07) is 0. The molecule has 2 saturated heterocycles. The molecule has 3 heterocycles. The van der Waals surface area contributed by atoms with E-state index >= 15 is 0 Å². The molecule has 0 bridgehead atoms. The molecule has 0 aromatic carbocycles. The normalized spacial score (nSPS) is 23.6. The van der Waals surface area contributed by atoms with E-state index in [-0.39, 0.29) is 24.0 Å². The lowest BCUT2D eigenvalue weighted by molar-refractivity contribution is 0.156. The first-order valence-corrected chi connectivity index (χ1v) is 8.20. The minimum atomic E-state index is 0. The van der Waals surface area contributed by atoms with E-state index in [0.29, 0.717) is 18.5 Å². The van der Waals surface area contributed by atoms with Crippen LogP contribution in [0.5, 0.6) is 0 Å². The lowest BCUT2D eigenvalue weighted by Crippen LogP contribution is -2.41. The SMILES string of the molecule is C=CCNC(=NCc1nnc(C)n1C)N1CCC2(CCOC2)C1.I. The van der Waals surface area contributed by atoms with Crippen molar-refractivity contribution in [3.8, 4) is 0 Å². The molecule has 0 radical (unpaired) electrons. The Morgan fingerprint density at radius 1 is 1.46 bits per heavy atom. The van der Waals surface area contributed by atoms with Crippen LogP contribution in [0.15, 0.2) is 17.6 Å². The summed E-state index contributed by atoms with van der Waals surface area (Å²) in [5.41, 5.74) is 0.317. The van der Waals surface area contributed by atoms with E-state index in [0.717, 1.165) is 50.3 Å². The summed E-state index contributed by atoms with van der Waals surface area (Å²) in [5.74, 6) is 2.70. The van der Waals surface area contributed by atoms with Gasteiger partial charge in [-0.3, -0.25) is 0 Å². The molecule has 1 N–H and O–H groups in total. The molecule has 1 atom stereocenters. The first-order chi connectivity index (χ1) is 11.1. The van der Waals surface area contributed by atoms with Crippen molar-refractivity contribution >= 4 is 29.9 Å². The molecular formula is C16H27IN6O. The summed E-state index contributed by atoms with van der Waals surface area (Å²) in [7, 11) is 1.97. The molecule has 3 rings (SSSR count). The first-order valence-electron chi connectivity index (χ1n) is 8.20. The molecule has 2 aliphatic heterocycles. The first kappa shape index (κ1) is 19.2. The maximum Gasteiger partial charge on any atom is 0.194 e. The van der Waals surface area contributed by atoms with Gasteiger partial charge in [-0.05, 0) is 19.8 Å². The molecular weight excluding hydrogens is 419 g/mol. The Bertz CT molecular complexity index is 593. The monoisotopic (exact) mass is 446 g/mol. The van der Waals surface area contributed by atoms with Crippen molar-refractivity contribution < 1.29 is 4.74 Å². The number of hydrogen-bond acceptors (Lipinski definition) is 4. The number of aryl methyl sites for hydroxylation is 1. The molecule has 7 nitrogen and oxygen atoms in total. The maximum absolute atomic E-state index is 5.61. The highest BCUT2D eigenvalue weighted by atomic mass is 127. The lowest BCUT2D eigenvalue weighted by atomic mass is 9.87. The second-order valence-corrected chi connectivity index (χ2v) is 6.51. The van der Waals surface area contributed by atoms with E-state index in [4.69, 9.17) is 9.73 Å². The number of rotatable bonds is 4. The van der Waals surface area contributed by atoms with Gasteiger partial charge in [0.1, 0.15) is 12.4 Å². The average Bonchev–Trinajstić information content (AvgIpc) is 3.26. The minimum Gasteiger partial charge on any atom is -0.381 e. The molecule has 1 aromatic rings. The topological polar surface area (TPSA) is 67.6 Å². The van der Waals surface area contributed by atoms with Crippen LogP contribution in [-0.4, -0.2) is 58.5 Å². The Labute approximate surface area is 160 Å². The molecule has 1 aromatic heterocycles. The zero-order valence-corrected chi connectivity index (χ0v) is 16.8. The second-order valence-electron chi connectivity index (χ2n) is 6.51. The number of halogens is 1. The highest BCUT2D eigenvalue weighted by molar-refractivity contribution is 14.0. The minimum absolute atomic E-state index is 0. The van der Waals surface area contributed by atoms with Gasteiger partial charge in [-0.15, -0.1) is 40.8 Å². The molecule has 1 spiro atoms. The Hall–Kier alpha value is -1.16. The van der Waals surface area contributed by atoms with Crippen molar-refractivity contribution in [1.29, 1.82) is 0 Å². The van der Waals surface area contributed by atoms with E-state index in [1.165, 1.54) is 6.42 Å². The van der Waals surface area contributed by atoms with E-state index in [9.17, 15) is 0 Å². The van der Waals surface area contributed by atoms with E-state index in [1.807, 2.05) is 24.6 Å². The number of aliphatic imine (C=N–C) groups is 1. The number of aromatic nitrogens is 3. The second kappa shape index (κ2) is 8.28. The molecule has 0 aliphatic carbocycles. The van der Waals surface area contributed by atoms with Crippen molar-refractivity contribution in [3.05, 3.63) is 24.3 Å². The molecule has 8 heteroatoms. The summed E-state index contributed by atoms with van der Waals surface area (Å²) in [4.78, 5) is 7.10. The zero-order valence-electron chi connectivity index (χ0n) is 14.5. The predicted octanol–water partition coefficient (Wildman–Crippen LogP) is 1.49.